The van der Waals surface area contributed by atoms with E-state index in [4.69, 9.17) is 11.6 Å². The zero-order chi connectivity index (χ0) is 16.3. The molecule has 0 saturated carbocycles. The molecule has 7 heteroatoms. The molecule has 0 aliphatic heterocycles. The largest absolute Gasteiger partial charge is 0.416 e. The topological polar surface area (TPSA) is 29.1 Å². The van der Waals surface area contributed by atoms with Crippen molar-refractivity contribution in [2.75, 3.05) is 5.32 Å². The summed E-state index contributed by atoms with van der Waals surface area (Å²) in [6.45, 7) is 0. The van der Waals surface area contributed by atoms with Gasteiger partial charge in [0.15, 0.2) is 0 Å². The molecule has 0 aromatic heterocycles. The van der Waals surface area contributed by atoms with E-state index in [2.05, 4.69) is 5.32 Å². The third-order valence-electron chi connectivity index (χ3n) is 2.85. The van der Waals surface area contributed by atoms with Gasteiger partial charge in [0.2, 0.25) is 5.91 Å². The number of alkyl halides is 3. The van der Waals surface area contributed by atoms with Gasteiger partial charge in [0.1, 0.15) is 5.82 Å². The number of carbonyl (C=O) groups excluding carboxylic acids is 1. The predicted molar refractivity (Wildman–Crippen MR) is 75.2 cm³/mol. The van der Waals surface area contributed by atoms with Crippen molar-refractivity contribution in [3.63, 3.8) is 0 Å². The van der Waals surface area contributed by atoms with E-state index in [0.717, 1.165) is 18.2 Å². The molecule has 0 aliphatic carbocycles. The molecule has 1 N–H and O–H groups in total. The zero-order valence-electron chi connectivity index (χ0n) is 11.0. The first-order valence-corrected chi connectivity index (χ1v) is 6.54. The third-order valence-corrected chi connectivity index (χ3v) is 3.08. The third kappa shape index (κ3) is 4.21. The van der Waals surface area contributed by atoms with Gasteiger partial charge < -0.3 is 5.32 Å². The zero-order valence-corrected chi connectivity index (χ0v) is 11.8. The van der Waals surface area contributed by atoms with E-state index >= 15 is 0 Å². The Balaban J connectivity index is 2.04. The molecule has 2 nitrogen and oxygen atoms in total. The molecule has 0 atom stereocenters. The van der Waals surface area contributed by atoms with Gasteiger partial charge >= 0.3 is 6.18 Å². The molecule has 22 heavy (non-hydrogen) atoms. The van der Waals surface area contributed by atoms with Crippen molar-refractivity contribution in [2.45, 2.75) is 12.6 Å². The van der Waals surface area contributed by atoms with Gasteiger partial charge in [0.25, 0.3) is 0 Å². The first kappa shape index (κ1) is 16.3. The minimum absolute atomic E-state index is 0.0792. The lowest BCUT2D eigenvalue weighted by molar-refractivity contribution is -0.137. The fraction of sp³-hybridized carbons (Fsp3) is 0.133. The molecule has 0 unspecified atom stereocenters. The van der Waals surface area contributed by atoms with E-state index < -0.39 is 23.5 Å². The van der Waals surface area contributed by atoms with Crippen molar-refractivity contribution in [1.29, 1.82) is 0 Å². The lowest BCUT2D eigenvalue weighted by Crippen LogP contribution is -2.15. The number of benzene rings is 2. The maximum Gasteiger partial charge on any atom is 0.416 e. The molecule has 0 fully saturated rings. The summed E-state index contributed by atoms with van der Waals surface area (Å²) in [6.07, 6.45) is -4.60. The van der Waals surface area contributed by atoms with Crippen LogP contribution in [0, 0.1) is 5.82 Å². The summed E-state index contributed by atoms with van der Waals surface area (Å²) in [4.78, 5) is 11.8. The second-order valence-corrected chi connectivity index (χ2v) is 4.98. The van der Waals surface area contributed by atoms with E-state index in [9.17, 15) is 22.4 Å². The maximum absolute atomic E-state index is 13.5. The summed E-state index contributed by atoms with van der Waals surface area (Å²) in [5.74, 6) is -1.20. The summed E-state index contributed by atoms with van der Waals surface area (Å²) in [5, 5.41) is 2.58. The Labute approximate surface area is 128 Å². The molecule has 2 aromatic rings. The van der Waals surface area contributed by atoms with Gasteiger partial charge in [-0.3, -0.25) is 4.79 Å². The SMILES string of the molecule is O=C(Cc1ccc(C(F)(F)F)cc1)Nc1cc(Cl)ccc1F. The number of hydrogen-bond acceptors (Lipinski definition) is 1. The summed E-state index contributed by atoms with van der Waals surface area (Å²) in [6, 6.07) is 7.89. The van der Waals surface area contributed by atoms with Crippen LogP contribution in [0.5, 0.6) is 0 Å². The molecule has 0 saturated heterocycles. The van der Waals surface area contributed by atoms with Crippen molar-refractivity contribution < 1.29 is 22.4 Å². The number of hydrogen-bond donors (Lipinski definition) is 1. The maximum atomic E-state index is 13.5. The van der Waals surface area contributed by atoms with Crippen molar-refractivity contribution in [3.05, 3.63) is 64.4 Å². The van der Waals surface area contributed by atoms with Crippen molar-refractivity contribution in [2.24, 2.45) is 0 Å². The Kier molecular flexibility index (Phi) is 4.71. The van der Waals surface area contributed by atoms with Gasteiger partial charge in [0.05, 0.1) is 17.7 Å². The first-order chi connectivity index (χ1) is 10.3. The molecule has 0 aliphatic rings. The highest BCUT2D eigenvalue weighted by molar-refractivity contribution is 6.30. The summed E-state index contributed by atoms with van der Waals surface area (Å²) >= 11 is 5.70. The van der Waals surface area contributed by atoms with Crippen LogP contribution in [-0.4, -0.2) is 5.91 Å². The number of amides is 1. The molecule has 2 aromatic carbocycles. The molecular weight excluding hydrogens is 322 g/mol. The number of halogens is 5. The lowest BCUT2D eigenvalue weighted by Gasteiger charge is -2.09. The molecule has 2 rings (SSSR count). The van der Waals surface area contributed by atoms with Crippen LogP contribution in [0.4, 0.5) is 23.2 Å². The van der Waals surface area contributed by atoms with Crippen LogP contribution < -0.4 is 5.32 Å². The van der Waals surface area contributed by atoms with Crippen molar-refractivity contribution in [3.8, 4) is 0 Å². The average molecular weight is 332 g/mol. The molecule has 0 bridgehead atoms. The van der Waals surface area contributed by atoms with E-state index in [0.29, 0.717) is 5.56 Å². The predicted octanol–water partition coefficient (Wildman–Crippen LogP) is 4.68. The van der Waals surface area contributed by atoms with Gasteiger partial charge in [-0.15, -0.1) is 0 Å². The highest BCUT2D eigenvalue weighted by atomic mass is 35.5. The van der Waals surface area contributed by atoms with Crippen LogP contribution in [0.25, 0.3) is 0 Å². The van der Waals surface area contributed by atoms with Crippen LogP contribution >= 0.6 is 11.6 Å². The van der Waals surface area contributed by atoms with Gasteiger partial charge in [-0.2, -0.15) is 13.2 Å². The highest BCUT2D eigenvalue weighted by Crippen LogP contribution is 2.29. The number of carbonyl (C=O) groups is 1. The Morgan fingerprint density at radius 2 is 1.73 bits per heavy atom. The normalized spacial score (nSPS) is 11.3. The lowest BCUT2D eigenvalue weighted by atomic mass is 10.1. The molecule has 1 amide bonds. The van der Waals surface area contributed by atoms with Crippen molar-refractivity contribution in [1.82, 2.24) is 0 Å². The second-order valence-electron chi connectivity index (χ2n) is 4.54. The molecule has 0 heterocycles. The van der Waals surface area contributed by atoms with Crippen LogP contribution in [0.15, 0.2) is 42.5 Å². The van der Waals surface area contributed by atoms with E-state index in [-0.39, 0.29) is 17.1 Å². The second kappa shape index (κ2) is 6.36. The van der Waals surface area contributed by atoms with E-state index in [1.165, 1.54) is 24.3 Å². The van der Waals surface area contributed by atoms with Crippen molar-refractivity contribution >= 4 is 23.2 Å². The quantitative estimate of drug-likeness (QED) is 0.813. The Hall–Kier alpha value is -2.08. The monoisotopic (exact) mass is 331 g/mol. The Morgan fingerprint density at radius 3 is 2.32 bits per heavy atom. The Morgan fingerprint density at radius 1 is 1.09 bits per heavy atom. The van der Waals surface area contributed by atoms with Gasteiger partial charge in [-0.1, -0.05) is 23.7 Å². The number of nitrogens with one attached hydrogen (secondary N) is 1. The molecule has 116 valence electrons. The van der Waals surface area contributed by atoms with Crippen LogP contribution in [0.1, 0.15) is 11.1 Å². The summed E-state index contributed by atoms with van der Waals surface area (Å²) in [5.41, 5.74) is -0.491. The van der Waals surface area contributed by atoms with Crippen LogP contribution in [0.3, 0.4) is 0 Å². The Bertz CT molecular complexity index is 683. The van der Waals surface area contributed by atoms with E-state index in [1.807, 2.05) is 0 Å². The van der Waals surface area contributed by atoms with Crippen LogP contribution in [-0.2, 0) is 17.4 Å². The highest BCUT2D eigenvalue weighted by Gasteiger charge is 2.29. The number of rotatable bonds is 3. The van der Waals surface area contributed by atoms with Gasteiger partial charge in [-0.25, -0.2) is 4.39 Å². The van der Waals surface area contributed by atoms with Crippen LogP contribution in [0.2, 0.25) is 5.02 Å². The minimum atomic E-state index is -4.43. The molecular formula is C15H10ClF4NO. The summed E-state index contributed by atoms with van der Waals surface area (Å²) in [7, 11) is 0. The fourth-order valence-electron chi connectivity index (χ4n) is 1.78. The van der Waals surface area contributed by atoms with E-state index in [1.54, 1.807) is 0 Å². The molecule has 0 radical (unpaired) electrons. The average Bonchev–Trinajstić information content (AvgIpc) is 2.42. The smallest absolute Gasteiger partial charge is 0.323 e. The summed E-state index contributed by atoms with van der Waals surface area (Å²) < 4.78 is 50.7. The number of anilines is 1. The van der Waals surface area contributed by atoms with Gasteiger partial charge in [-0.05, 0) is 35.9 Å². The first-order valence-electron chi connectivity index (χ1n) is 6.17. The van der Waals surface area contributed by atoms with Gasteiger partial charge in [0, 0.05) is 5.02 Å². The fourth-order valence-corrected chi connectivity index (χ4v) is 1.96. The molecule has 0 spiro atoms. The standard InChI is InChI=1S/C15H10ClF4NO/c16-11-5-6-12(17)13(8-11)21-14(22)7-9-1-3-10(4-2-9)15(18,19)20/h1-6,8H,7H2,(H,21,22). The minimum Gasteiger partial charge on any atom is -0.323 e.